The summed E-state index contributed by atoms with van der Waals surface area (Å²) in [4.78, 5) is -0.321. The number of rotatable bonds is 16. The van der Waals surface area contributed by atoms with E-state index in [2.05, 4.69) is 5.92 Å². The van der Waals surface area contributed by atoms with Crippen molar-refractivity contribution in [3.63, 3.8) is 0 Å². The second kappa shape index (κ2) is 19.4. The van der Waals surface area contributed by atoms with Gasteiger partial charge in [0, 0.05) is 12.1 Å². The molecule has 0 aliphatic rings. The third-order valence-electron chi connectivity index (χ3n) is 10.3. The van der Waals surface area contributed by atoms with E-state index >= 15 is 0 Å². The zero-order chi connectivity index (χ0) is 48.1. The normalized spacial score (nSPS) is 11.5. The molecule has 0 saturated heterocycles. The van der Waals surface area contributed by atoms with Gasteiger partial charge in [-0.25, -0.2) is 16.8 Å². The molecule has 0 bridgehead atoms. The molecule has 0 fully saturated rings. The van der Waals surface area contributed by atoms with E-state index in [1.807, 2.05) is 24.3 Å². The first kappa shape index (κ1) is 46.5. The first-order valence-electron chi connectivity index (χ1n) is 20.3. The topological polar surface area (TPSA) is 178 Å². The number of methoxy groups -OCH3 is 2. The summed E-state index contributed by atoms with van der Waals surface area (Å²) in [7, 11) is -9.56. The average molecular weight is 967 g/mol. The molecule has 0 aliphatic carbocycles. The highest BCUT2D eigenvalue weighted by Gasteiger charge is 2.22. The highest BCUT2D eigenvalue weighted by atomic mass is 32.2. The van der Waals surface area contributed by atoms with Crippen LogP contribution in [0.15, 0.2) is 206 Å². The lowest BCUT2D eigenvalue weighted by Gasteiger charge is -2.12. The molecule has 0 atom stereocenters. The van der Waals surface area contributed by atoms with Crippen LogP contribution in [0.3, 0.4) is 0 Å². The highest BCUT2D eigenvalue weighted by Crippen LogP contribution is 2.35. The van der Waals surface area contributed by atoms with Crippen LogP contribution in [0.2, 0.25) is 0 Å². The first-order chi connectivity index (χ1) is 32.6. The SMILES string of the molecule is C#Cc1cc(Oc2ccc(S(=O)(=O)c3ccc(Oc4ccc(-c5ccc(Oc6ccc(S(=O)(=O)c7ccc(Oc8ccc(OC)cc8S(=O)(=O)O)cc7)cc6)cc5)cc4)cc3)cc2)ccc1OC. The van der Waals surface area contributed by atoms with Crippen LogP contribution < -0.4 is 28.4 Å². The van der Waals surface area contributed by atoms with Crippen molar-refractivity contribution in [3.05, 3.63) is 188 Å². The van der Waals surface area contributed by atoms with E-state index in [0.29, 0.717) is 45.8 Å². The third-order valence-corrected chi connectivity index (χ3v) is 14.7. The number of hydrogen-bond acceptors (Lipinski definition) is 12. The summed E-state index contributed by atoms with van der Waals surface area (Å²) in [5, 5.41) is 0. The molecule has 0 unspecified atom stereocenters. The minimum Gasteiger partial charge on any atom is -0.497 e. The first-order valence-corrected chi connectivity index (χ1v) is 24.7. The number of hydrogen-bond donors (Lipinski definition) is 1. The van der Waals surface area contributed by atoms with Crippen LogP contribution in [0.25, 0.3) is 11.1 Å². The molecule has 0 heterocycles. The number of ether oxygens (including phenoxy) is 6. The van der Waals surface area contributed by atoms with E-state index in [0.717, 1.165) is 17.2 Å². The Hall–Kier alpha value is -8.07. The van der Waals surface area contributed by atoms with Crippen LogP contribution in [0, 0.1) is 12.3 Å². The molecule has 0 aliphatic heterocycles. The molecule has 8 aromatic carbocycles. The quantitative estimate of drug-likeness (QED) is 0.0715. The summed E-state index contributed by atoms with van der Waals surface area (Å²) in [6.45, 7) is 0. The van der Waals surface area contributed by atoms with E-state index in [1.165, 1.54) is 87.0 Å². The second-order valence-corrected chi connectivity index (χ2v) is 19.9. The monoisotopic (exact) mass is 966 g/mol. The number of benzene rings is 8. The Kier molecular flexibility index (Phi) is 13.3. The van der Waals surface area contributed by atoms with Crippen molar-refractivity contribution in [2.24, 2.45) is 0 Å². The highest BCUT2D eigenvalue weighted by molar-refractivity contribution is 7.91. The maximum atomic E-state index is 13.4. The number of sulfone groups is 2. The molecular formula is C52H38O13S3. The maximum Gasteiger partial charge on any atom is 0.298 e. The summed E-state index contributed by atoms with van der Waals surface area (Å²) in [5.41, 5.74) is 2.33. The lowest BCUT2D eigenvalue weighted by Crippen LogP contribution is -2.03. The molecule has 0 amide bonds. The van der Waals surface area contributed by atoms with Crippen molar-refractivity contribution in [2.75, 3.05) is 14.2 Å². The van der Waals surface area contributed by atoms with Gasteiger partial charge in [-0.2, -0.15) is 8.42 Å². The van der Waals surface area contributed by atoms with E-state index in [-0.39, 0.29) is 36.8 Å². The van der Waals surface area contributed by atoms with Gasteiger partial charge < -0.3 is 28.4 Å². The van der Waals surface area contributed by atoms with Crippen LogP contribution >= 0.6 is 0 Å². The van der Waals surface area contributed by atoms with Crippen LogP contribution in [-0.2, 0) is 29.8 Å². The lowest BCUT2D eigenvalue weighted by atomic mass is 10.1. The summed E-state index contributed by atoms with van der Waals surface area (Å²) >= 11 is 0. The smallest absolute Gasteiger partial charge is 0.298 e. The Bertz CT molecular complexity index is 3480. The van der Waals surface area contributed by atoms with Crippen LogP contribution in [0.1, 0.15) is 5.56 Å². The van der Waals surface area contributed by atoms with Crippen molar-refractivity contribution in [2.45, 2.75) is 24.5 Å². The van der Waals surface area contributed by atoms with Crippen LogP contribution in [0.4, 0.5) is 0 Å². The number of terminal acetylenes is 1. The third kappa shape index (κ3) is 10.5. The minimum atomic E-state index is -4.65. The Morgan fingerprint density at radius 3 is 1.06 bits per heavy atom. The minimum absolute atomic E-state index is 0.0203. The van der Waals surface area contributed by atoms with Crippen LogP contribution in [-0.4, -0.2) is 44.0 Å². The summed E-state index contributed by atoms with van der Waals surface area (Å²) in [6, 6.07) is 47.2. The van der Waals surface area contributed by atoms with E-state index in [1.54, 1.807) is 78.9 Å². The molecule has 16 heteroatoms. The Labute approximate surface area is 393 Å². The van der Waals surface area contributed by atoms with Gasteiger partial charge in [-0.3, -0.25) is 4.55 Å². The van der Waals surface area contributed by atoms with Gasteiger partial charge in [-0.1, -0.05) is 30.2 Å². The van der Waals surface area contributed by atoms with Gasteiger partial charge in [0.2, 0.25) is 19.7 Å². The van der Waals surface area contributed by atoms with Gasteiger partial charge in [-0.05, 0) is 157 Å². The molecule has 342 valence electrons. The Balaban J connectivity index is 0.844. The maximum absolute atomic E-state index is 13.4. The fourth-order valence-electron chi connectivity index (χ4n) is 6.75. The molecule has 0 aromatic heterocycles. The van der Waals surface area contributed by atoms with Crippen LogP contribution in [0.5, 0.6) is 57.5 Å². The fraction of sp³-hybridized carbons (Fsp3) is 0.0385. The van der Waals surface area contributed by atoms with Gasteiger partial charge in [0.15, 0.2) is 0 Å². The van der Waals surface area contributed by atoms with Crippen molar-refractivity contribution in [3.8, 4) is 81.0 Å². The predicted molar refractivity (Wildman–Crippen MR) is 253 cm³/mol. The molecule has 13 nitrogen and oxygen atoms in total. The average Bonchev–Trinajstić information content (AvgIpc) is 3.35. The summed E-state index contributed by atoms with van der Waals surface area (Å²) in [5.74, 6) is 6.08. The van der Waals surface area contributed by atoms with E-state index < -0.39 is 34.7 Å². The zero-order valence-corrected chi connectivity index (χ0v) is 38.4. The molecule has 8 rings (SSSR count). The fourth-order valence-corrected chi connectivity index (χ4v) is 9.90. The standard InChI is InChI=1S/C52H38O13S3/c1-4-35-33-45(22-31-50(35)61-3)64-42-17-27-48(28-18-42)66(53,54)46-23-13-40(14-24-46)62-38-9-5-36(6-10-38)37-7-11-39(12-8-37)63-41-15-25-47(26-16-41)67(55,56)49-29-19-43(20-30-49)65-51-32-21-44(60-2)34-52(51)68(57,58)59/h1,5-34H,2-3H3,(H,57,58,59). The van der Waals surface area contributed by atoms with E-state index in [4.69, 9.17) is 34.8 Å². The van der Waals surface area contributed by atoms with Gasteiger partial charge in [0.05, 0.1) is 39.4 Å². The predicted octanol–water partition coefficient (Wildman–Crippen LogP) is 11.4. The lowest BCUT2D eigenvalue weighted by molar-refractivity contribution is 0.407. The zero-order valence-electron chi connectivity index (χ0n) is 36.0. The largest absolute Gasteiger partial charge is 0.497 e. The second-order valence-electron chi connectivity index (χ2n) is 14.6. The molecule has 1 N–H and O–H groups in total. The molecule has 0 saturated carbocycles. The Morgan fingerprint density at radius 1 is 0.382 bits per heavy atom. The van der Waals surface area contributed by atoms with Crippen molar-refractivity contribution >= 4 is 29.8 Å². The van der Waals surface area contributed by atoms with Crippen molar-refractivity contribution in [1.82, 2.24) is 0 Å². The molecule has 8 aromatic rings. The molecule has 0 spiro atoms. The molecular weight excluding hydrogens is 929 g/mol. The molecule has 0 radical (unpaired) electrons. The van der Waals surface area contributed by atoms with Gasteiger partial charge in [0.25, 0.3) is 10.1 Å². The van der Waals surface area contributed by atoms with Gasteiger partial charge in [-0.15, -0.1) is 6.42 Å². The van der Waals surface area contributed by atoms with Crippen molar-refractivity contribution in [1.29, 1.82) is 0 Å². The van der Waals surface area contributed by atoms with Gasteiger partial charge in [0.1, 0.15) is 62.4 Å². The Morgan fingerprint density at radius 2 is 0.706 bits per heavy atom. The van der Waals surface area contributed by atoms with Crippen molar-refractivity contribution < 1.29 is 58.2 Å². The van der Waals surface area contributed by atoms with E-state index in [9.17, 15) is 29.8 Å². The molecule has 68 heavy (non-hydrogen) atoms. The summed E-state index contributed by atoms with van der Waals surface area (Å²) in [6.07, 6.45) is 5.56. The summed E-state index contributed by atoms with van der Waals surface area (Å²) < 4.78 is 121. The van der Waals surface area contributed by atoms with Gasteiger partial charge >= 0.3 is 0 Å².